The summed E-state index contributed by atoms with van der Waals surface area (Å²) in [4.78, 5) is 3.95. The normalized spacial score (nSPS) is 11.0. The van der Waals surface area contributed by atoms with Crippen molar-refractivity contribution in [1.82, 2.24) is 4.98 Å². The van der Waals surface area contributed by atoms with Crippen LogP contribution in [0.4, 0.5) is 0 Å². The second kappa shape index (κ2) is 4.45. The molecule has 13 heavy (non-hydrogen) atoms. The third-order valence-corrected chi connectivity index (χ3v) is 1.31. The van der Waals surface area contributed by atoms with Gasteiger partial charge in [0.1, 0.15) is 5.75 Å². The standard InChI is InChI=1S/C9H12N2O2/c1-7(2)13-9-3-4-10-8(5-9)6-11-12/h3-7,12H,1-2H3. The lowest BCUT2D eigenvalue weighted by atomic mass is 10.3. The minimum absolute atomic E-state index is 0.126. The molecule has 0 aliphatic rings. The first-order chi connectivity index (χ1) is 6.22. The van der Waals surface area contributed by atoms with E-state index in [0.717, 1.165) is 5.75 Å². The van der Waals surface area contributed by atoms with E-state index in [1.54, 1.807) is 18.3 Å². The zero-order chi connectivity index (χ0) is 9.68. The van der Waals surface area contributed by atoms with E-state index in [9.17, 15) is 0 Å². The number of hydrogen-bond acceptors (Lipinski definition) is 4. The molecule has 0 unspecified atom stereocenters. The molecule has 1 rings (SSSR count). The summed E-state index contributed by atoms with van der Waals surface area (Å²) in [5, 5.41) is 11.2. The van der Waals surface area contributed by atoms with Gasteiger partial charge in [0.05, 0.1) is 18.0 Å². The molecule has 1 aromatic rings. The molecule has 0 radical (unpaired) electrons. The maximum absolute atomic E-state index is 8.28. The number of pyridine rings is 1. The Labute approximate surface area is 76.9 Å². The second-order valence-corrected chi connectivity index (χ2v) is 2.83. The Morgan fingerprint density at radius 1 is 1.62 bits per heavy atom. The number of rotatable bonds is 3. The van der Waals surface area contributed by atoms with E-state index < -0.39 is 0 Å². The third-order valence-electron chi connectivity index (χ3n) is 1.31. The maximum Gasteiger partial charge on any atom is 0.123 e. The molecule has 1 N–H and O–H groups in total. The molecule has 0 amide bonds. The largest absolute Gasteiger partial charge is 0.491 e. The zero-order valence-corrected chi connectivity index (χ0v) is 7.64. The summed E-state index contributed by atoms with van der Waals surface area (Å²) in [6, 6.07) is 3.47. The molecule has 0 spiro atoms. The van der Waals surface area contributed by atoms with Crippen molar-refractivity contribution >= 4 is 6.21 Å². The van der Waals surface area contributed by atoms with E-state index in [0.29, 0.717) is 5.69 Å². The number of oxime groups is 1. The van der Waals surface area contributed by atoms with Crippen molar-refractivity contribution < 1.29 is 9.94 Å². The Balaban J connectivity index is 2.79. The van der Waals surface area contributed by atoms with E-state index in [-0.39, 0.29) is 6.10 Å². The Morgan fingerprint density at radius 3 is 3.00 bits per heavy atom. The van der Waals surface area contributed by atoms with Crippen LogP contribution in [0.25, 0.3) is 0 Å². The molecule has 0 aliphatic carbocycles. The van der Waals surface area contributed by atoms with Crippen molar-refractivity contribution in [2.45, 2.75) is 20.0 Å². The lowest BCUT2D eigenvalue weighted by molar-refractivity contribution is 0.242. The summed E-state index contributed by atoms with van der Waals surface area (Å²) < 4.78 is 5.42. The summed E-state index contributed by atoms with van der Waals surface area (Å²) in [7, 11) is 0. The van der Waals surface area contributed by atoms with Gasteiger partial charge in [-0.2, -0.15) is 0 Å². The van der Waals surface area contributed by atoms with Crippen LogP contribution in [0.1, 0.15) is 19.5 Å². The average molecular weight is 180 g/mol. The summed E-state index contributed by atoms with van der Waals surface area (Å²) in [6.07, 6.45) is 2.99. The zero-order valence-electron chi connectivity index (χ0n) is 7.64. The van der Waals surface area contributed by atoms with E-state index in [1.165, 1.54) is 6.21 Å². The van der Waals surface area contributed by atoms with Gasteiger partial charge >= 0.3 is 0 Å². The first-order valence-corrected chi connectivity index (χ1v) is 4.02. The number of aromatic nitrogens is 1. The van der Waals surface area contributed by atoms with E-state index in [1.807, 2.05) is 13.8 Å². The molecule has 0 bridgehead atoms. The highest BCUT2D eigenvalue weighted by Crippen LogP contribution is 2.11. The van der Waals surface area contributed by atoms with Gasteiger partial charge < -0.3 is 9.94 Å². The fourth-order valence-corrected chi connectivity index (χ4v) is 0.903. The smallest absolute Gasteiger partial charge is 0.123 e. The van der Waals surface area contributed by atoms with Gasteiger partial charge in [0.15, 0.2) is 0 Å². The molecule has 0 saturated carbocycles. The highest BCUT2D eigenvalue weighted by molar-refractivity contribution is 5.76. The predicted molar refractivity (Wildman–Crippen MR) is 49.4 cm³/mol. The van der Waals surface area contributed by atoms with Crippen LogP contribution in [0.5, 0.6) is 5.75 Å². The van der Waals surface area contributed by atoms with Crippen LogP contribution in [-0.4, -0.2) is 22.5 Å². The van der Waals surface area contributed by atoms with Crippen LogP contribution in [0.15, 0.2) is 23.5 Å². The van der Waals surface area contributed by atoms with Crippen molar-refractivity contribution in [3.05, 3.63) is 24.0 Å². The highest BCUT2D eigenvalue weighted by Gasteiger charge is 1.98. The fraction of sp³-hybridized carbons (Fsp3) is 0.333. The molecule has 0 fully saturated rings. The number of hydrogen-bond donors (Lipinski definition) is 1. The number of nitrogens with zero attached hydrogens (tertiary/aromatic N) is 2. The van der Waals surface area contributed by atoms with Gasteiger partial charge in [0, 0.05) is 12.3 Å². The summed E-state index contributed by atoms with van der Waals surface area (Å²) in [5.74, 6) is 0.722. The Hall–Kier alpha value is -1.58. The Kier molecular flexibility index (Phi) is 3.25. The molecule has 1 aromatic heterocycles. The molecule has 1 heterocycles. The highest BCUT2D eigenvalue weighted by atomic mass is 16.5. The van der Waals surface area contributed by atoms with Gasteiger partial charge in [-0.05, 0) is 19.9 Å². The molecule has 4 heteroatoms. The molecular formula is C9H12N2O2. The lowest BCUT2D eigenvalue weighted by Gasteiger charge is -2.08. The van der Waals surface area contributed by atoms with E-state index in [4.69, 9.17) is 9.94 Å². The number of ether oxygens (including phenoxy) is 1. The average Bonchev–Trinajstić information content (AvgIpc) is 2.04. The quantitative estimate of drug-likeness (QED) is 0.437. The maximum atomic E-state index is 8.28. The van der Waals surface area contributed by atoms with Crippen LogP contribution in [0.2, 0.25) is 0 Å². The van der Waals surface area contributed by atoms with Crippen molar-refractivity contribution in [3.8, 4) is 5.75 Å². The van der Waals surface area contributed by atoms with Crippen LogP contribution < -0.4 is 4.74 Å². The van der Waals surface area contributed by atoms with Crippen LogP contribution in [-0.2, 0) is 0 Å². The van der Waals surface area contributed by atoms with Gasteiger partial charge in [-0.3, -0.25) is 4.98 Å². The summed E-state index contributed by atoms with van der Waals surface area (Å²) in [6.45, 7) is 3.89. The Morgan fingerprint density at radius 2 is 2.38 bits per heavy atom. The van der Waals surface area contributed by atoms with E-state index >= 15 is 0 Å². The van der Waals surface area contributed by atoms with Crippen LogP contribution in [0, 0.1) is 0 Å². The summed E-state index contributed by atoms with van der Waals surface area (Å²) >= 11 is 0. The lowest BCUT2D eigenvalue weighted by Crippen LogP contribution is -2.05. The monoisotopic (exact) mass is 180 g/mol. The van der Waals surface area contributed by atoms with Gasteiger partial charge in [0.25, 0.3) is 0 Å². The van der Waals surface area contributed by atoms with Crippen LogP contribution >= 0.6 is 0 Å². The molecule has 70 valence electrons. The van der Waals surface area contributed by atoms with Gasteiger partial charge in [0.2, 0.25) is 0 Å². The minimum Gasteiger partial charge on any atom is -0.491 e. The molecule has 0 aliphatic heterocycles. The first kappa shape index (κ1) is 9.51. The molecular weight excluding hydrogens is 168 g/mol. The molecule has 0 saturated heterocycles. The second-order valence-electron chi connectivity index (χ2n) is 2.83. The predicted octanol–water partition coefficient (Wildman–Crippen LogP) is 1.68. The summed E-state index contributed by atoms with van der Waals surface area (Å²) in [5.41, 5.74) is 0.570. The van der Waals surface area contributed by atoms with Crippen molar-refractivity contribution in [2.75, 3.05) is 0 Å². The molecule has 0 aromatic carbocycles. The van der Waals surface area contributed by atoms with Crippen molar-refractivity contribution in [2.24, 2.45) is 5.16 Å². The molecule has 4 nitrogen and oxygen atoms in total. The van der Waals surface area contributed by atoms with Crippen LogP contribution in [0.3, 0.4) is 0 Å². The molecule has 0 atom stereocenters. The van der Waals surface area contributed by atoms with Gasteiger partial charge in [-0.15, -0.1) is 0 Å². The van der Waals surface area contributed by atoms with Gasteiger partial charge in [-0.1, -0.05) is 5.16 Å². The van der Waals surface area contributed by atoms with Gasteiger partial charge in [-0.25, -0.2) is 0 Å². The van der Waals surface area contributed by atoms with Crippen molar-refractivity contribution in [3.63, 3.8) is 0 Å². The first-order valence-electron chi connectivity index (χ1n) is 4.02. The fourth-order valence-electron chi connectivity index (χ4n) is 0.903. The topological polar surface area (TPSA) is 54.7 Å². The van der Waals surface area contributed by atoms with E-state index in [2.05, 4.69) is 10.1 Å². The van der Waals surface area contributed by atoms with Crippen molar-refractivity contribution in [1.29, 1.82) is 0 Å². The third kappa shape index (κ3) is 3.11. The Bertz CT molecular complexity index is 297. The SMILES string of the molecule is CC(C)Oc1ccnc(C=NO)c1. The minimum atomic E-state index is 0.126.